The van der Waals surface area contributed by atoms with Gasteiger partial charge in [-0.05, 0) is 24.7 Å². The van der Waals surface area contributed by atoms with Gasteiger partial charge in [0.05, 0.1) is 11.3 Å². The molecule has 152 valence electrons. The molecule has 3 atom stereocenters. The average Bonchev–Trinajstić information content (AvgIpc) is 2.97. The third kappa shape index (κ3) is 4.28. The Kier molecular flexibility index (Phi) is 6.88. The standard InChI is InChI=1S/C21H28ClF3O2/c1-5-6-14-8-15(7-13(14)2)27-19(26)18-16(20(18,3)4)9-17(22)21(10-23,11-24)12-25/h5,9,15-16,18H,1,6-8,10-12H2,2-4H3/b17-9-/t15?,16-,18-/m1/s1. The third-order valence-electron chi connectivity index (χ3n) is 6.05. The van der Waals surface area contributed by atoms with E-state index in [0.717, 1.165) is 6.42 Å². The molecule has 0 aliphatic heterocycles. The zero-order chi connectivity index (χ0) is 20.4. The summed E-state index contributed by atoms with van der Waals surface area (Å²) in [4.78, 5) is 12.6. The Bertz CT molecular complexity index is 642. The molecule has 0 aromatic carbocycles. The second-order valence-corrected chi connectivity index (χ2v) is 8.77. The summed E-state index contributed by atoms with van der Waals surface area (Å²) in [6, 6.07) is 0. The lowest BCUT2D eigenvalue weighted by Gasteiger charge is -2.23. The van der Waals surface area contributed by atoms with Crippen LogP contribution in [0.2, 0.25) is 0 Å². The Morgan fingerprint density at radius 1 is 1.30 bits per heavy atom. The predicted molar refractivity (Wildman–Crippen MR) is 102 cm³/mol. The molecule has 6 heteroatoms. The maximum Gasteiger partial charge on any atom is 0.310 e. The first-order chi connectivity index (χ1) is 12.7. The van der Waals surface area contributed by atoms with Crippen LogP contribution in [0.15, 0.2) is 34.9 Å². The number of esters is 1. The lowest BCUT2D eigenvalue weighted by molar-refractivity contribution is -0.151. The van der Waals surface area contributed by atoms with E-state index in [4.69, 9.17) is 16.3 Å². The van der Waals surface area contributed by atoms with Gasteiger partial charge < -0.3 is 4.74 Å². The molecule has 2 nitrogen and oxygen atoms in total. The summed E-state index contributed by atoms with van der Waals surface area (Å²) in [5, 5.41) is -0.199. The molecule has 0 aromatic heterocycles. The number of rotatable bonds is 9. The van der Waals surface area contributed by atoms with Crippen molar-refractivity contribution in [3.63, 3.8) is 0 Å². The van der Waals surface area contributed by atoms with Gasteiger partial charge in [-0.2, -0.15) is 0 Å². The molecular formula is C21H28ClF3O2. The van der Waals surface area contributed by atoms with Crippen LogP contribution in [0.3, 0.4) is 0 Å². The molecule has 0 N–H and O–H groups in total. The smallest absolute Gasteiger partial charge is 0.310 e. The Balaban J connectivity index is 2.04. The number of ether oxygens (including phenoxy) is 1. The normalized spacial score (nSPS) is 27.7. The van der Waals surface area contributed by atoms with E-state index in [1.807, 2.05) is 26.8 Å². The van der Waals surface area contributed by atoms with Crippen LogP contribution in [-0.2, 0) is 9.53 Å². The van der Waals surface area contributed by atoms with E-state index < -0.39 is 36.8 Å². The molecule has 0 amide bonds. The monoisotopic (exact) mass is 404 g/mol. The second-order valence-electron chi connectivity index (χ2n) is 8.36. The molecule has 2 rings (SSSR count). The van der Waals surface area contributed by atoms with Gasteiger partial charge in [0, 0.05) is 17.9 Å². The Morgan fingerprint density at radius 2 is 1.89 bits per heavy atom. The molecule has 1 fully saturated rings. The maximum atomic E-state index is 13.2. The predicted octanol–water partition coefficient (Wildman–Crippen LogP) is 5.87. The molecule has 2 aliphatic carbocycles. The molecule has 0 saturated heterocycles. The minimum absolute atomic E-state index is 0.189. The molecule has 27 heavy (non-hydrogen) atoms. The summed E-state index contributed by atoms with van der Waals surface area (Å²) >= 11 is 6.05. The van der Waals surface area contributed by atoms with Gasteiger partial charge in [-0.15, -0.1) is 6.58 Å². The minimum Gasteiger partial charge on any atom is -0.461 e. The zero-order valence-electron chi connectivity index (χ0n) is 16.2. The van der Waals surface area contributed by atoms with Crippen molar-refractivity contribution in [1.82, 2.24) is 0 Å². The van der Waals surface area contributed by atoms with Gasteiger partial charge in [-0.1, -0.05) is 48.7 Å². The van der Waals surface area contributed by atoms with Crippen molar-refractivity contribution in [2.45, 2.75) is 46.1 Å². The fourth-order valence-corrected chi connectivity index (χ4v) is 4.12. The molecule has 0 bridgehead atoms. The summed E-state index contributed by atoms with van der Waals surface area (Å²) in [7, 11) is 0. The topological polar surface area (TPSA) is 26.3 Å². The van der Waals surface area contributed by atoms with Crippen LogP contribution in [-0.4, -0.2) is 32.1 Å². The van der Waals surface area contributed by atoms with Gasteiger partial charge in [0.1, 0.15) is 26.1 Å². The molecule has 2 aliphatic rings. The number of hydrogen-bond acceptors (Lipinski definition) is 2. The average molecular weight is 405 g/mol. The quantitative estimate of drug-likeness (QED) is 0.354. The van der Waals surface area contributed by atoms with E-state index in [0.29, 0.717) is 12.8 Å². The first kappa shape index (κ1) is 22.1. The van der Waals surface area contributed by atoms with Gasteiger partial charge in [0.25, 0.3) is 0 Å². The highest BCUT2D eigenvalue weighted by atomic mass is 35.5. The van der Waals surface area contributed by atoms with Gasteiger partial charge >= 0.3 is 5.97 Å². The van der Waals surface area contributed by atoms with E-state index in [-0.39, 0.29) is 23.0 Å². The Labute approximate surface area is 164 Å². The van der Waals surface area contributed by atoms with Crippen LogP contribution < -0.4 is 0 Å². The van der Waals surface area contributed by atoms with Gasteiger partial charge in [0.2, 0.25) is 0 Å². The van der Waals surface area contributed by atoms with E-state index in [2.05, 4.69) is 6.58 Å². The summed E-state index contributed by atoms with van der Waals surface area (Å²) < 4.78 is 45.2. The van der Waals surface area contributed by atoms with Crippen molar-refractivity contribution in [2.75, 3.05) is 20.0 Å². The number of alkyl halides is 3. The van der Waals surface area contributed by atoms with Gasteiger partial charge in [-0.25, -0.2) is 13.2 Å². The van der Waals surface area contributed by atoms with E-state index >= 15 is 0 Å². The molecule has 1 saturated carbocycles. The number of hydrogen-bond donors (Lipinski definition) is 0. The highest BCUT2D eigenvalue weighted by molar-refractivity contribution is 6.30. The summed E-state index contributed by atoms with van der Waals surface area (Å²) in [5.41, 5.74) is 0.0642. The second kappa shape index (κ2) is 8.42. The molecule has 0 spiro atoms. The SMILES string of the molecule is C=CCC1=C(C)CC(OC(=O)[C@H]2[C@@H](/C=C(\Cl)C(CF)(CF)CF)C2(C)C)C1. The van der Waals surface area contributed by atoms with Crippen LogP contribution in [0.25, 0.3) is 0 Å². The van der Waals surface area contributed by atoms with Crippen molar-refractivity contribution in [3.8, 4) is 0 Å². The zero-order valence-corrected chi connectivity index (χ0v) is 16.9. The summed E-state index contributed by atoms with van der Waals surface area (Å²) in [5.74, 6) is -1.12. The molecule has 0 radical (unpaired) electrons. The molecule has 0 heterocycles. The van der Waals surface area contributed by atoms with Crippen LogP contribution >= 0.6 is 11.6 Å². The number of halogens is 4. The van der Waals surface area contributed by atoms with Gasteiger partial charge in [0.15, 0.2) is 0 Å². The van der Waals surface area contributed by atoms with E-state index in [9.17, 15) is 18.0 Å². The number of allylic oxidation sites excluding steroid dienone is 3. The van der Waals surface area contributed by atoms with Crippen molar-refractivity contribution in [1.29, 1.82) is 0 Å². The first-order valence-corrected chi connectivity index (χ1v) is 9.59. The van der Waals surface area contributed by atoms with Crippen molar-refractivity contribution in [3.05, 3.63) is 34.9 Å². The highest BCUT2D eigenvalue weighted by Crippen LogP contribution is 2.61. The molecule has 1 unspecified atom stereocenters. The Morgan fingerprint density at radius 3 is 2.41 bits per heavy atom. The molecular weight excluding hydrogens is 377 g/mol. The first-order valence-electron chi connectivity index (χ1n) is 9.21. The minimum atomic E-state index is -1.96. The van der Waals surface area contributed by atoms with Crippen LogP contribution in [0, 0.1) is 22.7 Å². The summed E-state index contributed by atoms with van der Waals surface area (Å²) in [6.45, 7) is 5.83. The largest absolute Gasteiger partial charge is 0.461 e. The fourth-order valence-electron chi connectivity index (χ4n) is 3.83. The van der Waals surface area contributed by atoms with E-state index in [1.165, 1.54) is 17.2 Å². The highest BCUT2D eigenvalue weighted by Gasteiger charge is 2.62. The number of carbonyl (C=O) groups is 1. The van der Waals surface area contributed by atoms with Crippen molar-refractivity contribution < 1.29 is 22.7 Å². The van der Waals surface area contributed by atoms with Crippen molar-refractivity contribution in [2.24, 2.45) is 22.7 Å². The van der Waals surface area contributed by atoms with Gasteiger partial charge in [-0.3, -0.25) is 4.79 Å². The van der Waals surface area contributed by atoms with Crippen LogP contribution in [0.4, 0.5) is 13.2 Å². The van der Waals surface area contributed by atoms with E-state index in [1.54, 1.807) is 0 Å². The Hall–Kier alpha value is -1.23. The summed E-state index contributed by atoms with van der Waals surface area (Å²) in [6.07, 6.45) is 5.28. The lowest BCUT2D eigenvalue weighted by atomic mass is 9.91. The number of carbonyl (C=O) groups excluding carboxylic acids is 1. The maximum absolute atomic E-state index is 13.2. The lowest BCUT2D eigenvalue weighted by Crippen LogP contribution is -2.29. The molecule has 0 aromatic rings. The van der Waals surface area contributed by atoms with Crippen LogP contribution in [0.1, 0.15) is 40.0 Å². The van der Waals surface area contributed by atoms with Crippen molar-refractivity contribution >= 4 is 17.6 Å². The third-order valence-corrected chi connectivity index (χ3v) is 6.58. The fraction of sp³-hybridized carbons (Fsp3) is 0.667. The van der Waals surface area contributed by atoms with Crippen LogP contribution in [0.5, 0.6) is 0 Å².